The monoisotopic (exact) mass is 309 g/mol. The second-order valence-corrected chi connectivity index (χ2v) is 6.02. The Morgan fingerprint density at radius 2 is 2.05 bits per heavy atom. The molecule has 0 unspecified atom stereocenters. The fourth-order valence-electron chi connectivity index (χ4n) is 1.83. The molecule has 1 heterocycles. The van der Waals surface area contributed by atoms with Gasteiger partial charge in [0.1, 0.15) is 0 Å². The van der Waals surface area contributed by atoms with E-state index >= 15 is 0 Å². The summed E-state index contributed by atoms with van der Waals surface area (Å²) in [6.07, 6.45) is 0.529. The van der Waals surface area contributed by atoms with Crippen LogP contribution in [0.4, 0.5) is 5.82 Å². The van der Waals surface area contributed by atoms with E-state index in [0.717, 1.165) is 0 Å². The lowest BCUT2D eigenvalue weighted by molar-refractivity contribution is 0.281. The third-order valence-electron chi connectivity index (χ3n) is 2.90. The van der Waals surface area contributed by atoms with E-state index < -0.39 is 15.6 Å². The largest absolute Gasteiger partial charge is 0.392 e. The second kappa shape index (κ2) is 6.06. The molecule has 21 heavy (non-hydrogen) atoms. The van der Waals surface area contributed by atoms with Crippen LogP contribution in [0.2, 0.25) is 0 Å². The number of aromatic amines is 1. The van der Waals surface area contributed by atoms with Gasteiger partial charge in [0.15, 0.2) is 5.82 Å². The SMILES string of the molecule is CCc1ccc(CO)cc1S(=O)(=O)Nc1ccc(=O)[nH]n1. The molecule has 0 aliphatic heterocycles. The zero-order valence-corrected chi connectivity index (χ0v) is 12.1. The van der Waals surface area contributed by atoms with Crippen molar-refractivity contribution >= 4 is 15.8 Å². The lowest BCUT2D eigenvalue weighted by Gasteiger charge is -2.12. The van der Waals surface area contributed by atoms with Crippen LogP contribution in [0.25, 0.3) is 0 Å². The number of rotatable bonds is 5. The molecular weight excluding hydrogens is 294 g/mol. The third kappa shape index (κ3) is 3.47. The number of aliphatic hydroxyl groups excluding tert-OH is 1. The van der Waals surface area contributed by atoms with Gasteiger partial charge in [0.05, 0.1) is 11.5 Å². The molecule has 0 spiro atoms. The topological polar surface area (TPSA) is 112 Å². The van der Waals surface area contributed by atoms with E-state index in [-0.39, 0.29) is 17.3 Å². The van der Waals surface area contributed by atoms with Gasteiger partial charge in [-0.15, -0.1) is 0 Å². The Hall–Kier alpha value is -2.19. The van der Waals surface area contributed by atoms with Gasteiger partial charge in [-0.3, -0.25) is 9.52 Å². The Balaban J connectivity index is 2.43. The first-order valence-electron chi connectivity index (χ1n) is 6.27. The molecule has 1 aromatic carbocycles. The van der Waals surface area contributed by atoms with Crippen LogP contribution in [0.3, 0.4) is 0 Å². The standard InChI is InChI=1S/C13H15N3O4S/c1-2-10-4-3-9(8-17)7-11(10)21(19,20)16-12-5-6-13(18)15-14-12/h3-7,17H,2,8H2,1H3,(H,14,16)(H,15,18). The van der Waals surface area contributed by atoms with Crippen molar-refractivity contribution < 1.29 is 13.5 Å². The molecule has 1 aromatic heterocycles. The zero-order valence-electron chi connectivity index (χ0n) is 11.3. The minimum atomic E-state index is -3.85. The van der Waals surface area contributed by atoms with Crippen molar-refractivity contribution in [2.75, 3.05) is 4.72 Å². The highest BCUT2D eigenvalue weighted by molar-refractivity contribution is 7.92. The summed E-state index contributed by atoms with van der Waals surface area (Å²) >= 11 is 0. The molecular formula is C13H15N3O4S. The quantitative estimate of drug-likeness (QED) is 0.749. The Kier molecular flexibility index (Phi) is 4.39. The highest BCUT2D eigenvalue weighted by atomic mass is 32.2. The van der Waals surface area contributed by atoms with Gasteiger partial charge in [0, 0.05) is 6.07 Å². The summed E-state index contributed by atoms with van der Waals surface area (Å²) in [5.74, 6) is 0.0195. The highest BCUT2D eigenvalue weighted by Gasteiger charge is 2.19. The van der Waals surface area contributed by atoms with Crippen molar-refractivity contribution in [2.45, 2.75) is 24.8 Å². The molecule has 3 N–H and O–H groups in total. The van der Waals surface area contributed by atoms with E-state index in [9.17, 15) is 13.2 Å². The zero-order chi connectivity index (χ0) is 15.5. The van der Waals surface area contributed by atoms with Crippen molar-refractivity contribution in [2.24, 2.45) is 0 Å². The maximum Gasteiger partial charge on any atom is 0.264 e. The summed E-state index contributed by atoms with van der Waals surface area (Å²) < 4.78 is 27.1. The molecule has 0 amide bonds. The van der Waals surface area contributed by atoms with Crippen molar-refractivity contribution in [3.8, 4) is 0 Å². The fourth-order valence-corrected chi connectivity index (χ4v) is 3.20. The molecule has 2 aromatic rings. The lowest BCUT2D eigenvalue weighted by atomic mass is 10.1. The number of anilines is 1. The van der Waals surface area contributed by atoms with Crippen molar-refractivity contribution in [1.82, 2.24) is 10.2 Å². The molecule has 0 aliphatic rings. The first-order valence-corrected chi connectivity index (χ1v) is 7.76. The number of H-pyrrole nitrogens is 1. The van der Waals surface area contributed by atoms with E-state index in [2.05, 4.69) is 14.9 Å². The van der Waals surface area contributed by atoms with Crippen molar-refractivity contribution in [1.29, 1.82) is 0 Å². The summed E-state index contributed by atoms with van der Waals surface area (Å²) in [6.45, 7) is 1.59. The predicted octanol–water partition coefficient (Wildman–Crippen LogP) is 0.625. The first-order chi connectivity index (χ1) is 9.96. The van der Waals surface area contributed by atoms with Crippen LogP contribution >= 0.6 is 0 Å². The Morgan fingerprint density at radius 1 is 1.29 bits per heavy atom. The highest BCUT2D eigenvalue weighted by Crippen LogP contribution is 2.21. The number of hydrogen-bond acceptors (Lipinski definition) is 5. The molecule has 0 aliphatic carbocycles. The first kappa shape index (κ1) is 15.2. The van der Waals surface area contributed by atoms with Crippen molar-refractivity contribution in [3.05, 3.63) is 51.8 Å². The Morgan fingerprint density at radius 3 is 2.62 bits per heavy atom. The van der Waals surface area contributed by atoms with Crippen LogP contribution < -0.4 is 10.3 Å². The predicted molar refractivity (Wildman–Crippen MR) is 77.4 cm³/mol. The number of nitrogens with zero attached hydrogens (tertiary/aromatic N) is 1. The summed E-state index contributed by atoms with van der Waals surface area (Å²) in [5, 5.41) is 14.9. The lowest BCUT2D eigenvalue weighted by Crippen LogP contribution is -2.18. The molecule has 0 radical (unpaired) electrons. The number of aryl methyl sites for hydroxylation is 1. The molecule has 112 valence electrons. The normalized spacial score (nSPS) is 11.3. The van der Waals surface area contributed by atoms with Crippen LogP contribution in [0.5, 0.6) is 0 Å². The van der Waals surface area contributed by atoms with Gasteiger partial charge < -0.3 is 5.11 Å². The maximum absolute atomic E-state index is 12.4. The molecule has 8 heteroatoms. The molecule has 0 saturated heterocycles. The molecule has 2 rings (SSSR count). The van der Waals surface area contributed by atoms with Crippen LogP contribution in [-0.2, 0) is 23.1 Å². The van der Waals surface area contributed by atoms with Crippen LogP contribution in [-0.4, -0.2) is 23.7 Å². The van der Waals surface area contributed by atoms with E-state index in [1.165, 1.54) is 18.2 Å². The molecule has 0 fully saturated rings. The molecule has 0 saturated carbocycles. The maximum atomic E-state index is 12.4. The third-order valence-corrected chi connectivity index (χ3v) is 4.34. The number of benzene rings is 1. The van der Waals surface area contributed by atoms with Gasteiger partial charge in [-0.25, -0.2) is 13.5 Å². The van der Waals surface area contributed by atoms with Gasteiger partial charge in [0.25, 0.3) is 15.6 Å². The number of aliphatic hydroxyl groups is 1. The van der Waals surface area contributed by atoms with E-state index in [0.29, 0.717) is 17.5 Å². The minimum Gasteiger partial charge on any atom is -0.392 e. The van der Waals surface area contributed by atoms with Crippen LogP contribution in [0.1, 0.15) is 18.1 Å². The van der Waals surface area contributed by atoms with E-state index in [1.54, 1.807) is 12.1 Å². The number of nitrogens with one attached hydrogen (secondary N) is 2. The number of sulfonamides is 1. The van der Waals surface area contributed by atoms with E-state index in [1.807, 2.05) is 6.92 Å². The number of aromatic nitrogens is 2. The molecule has 7 nitrogen and oxygen atoms in total. The van der Waals surface area contributed by atoms with Gasteiger partial charge in [-0.1, -0.05) is 19.1 Å². The van der Waals surface area contributed by atoms with Gasteiger partial charge in [-0.05, 0) is 29.7 Å². The summed E-state index contributed by atoms with van der Waals surface area (Å²) in [4.78, 5) is 11.0. The minimum absolute atomic E-state index is 0.0195. The summed E-state index contributed by atoms with van der Waals surface area (Å²) in [6, 6.07) is 7.22. The average molecular weight is 309 g/mol. The second-order valence-electron chi connectivity index (χ2n) is 4.37. The smallest absolute Gasteiger partial charge is 0.264 e. The Labute approximate surface area is 121 Å². The van der Waals surface area contributed by atoms with E-state index in [4.69, 9.17) is 5.11 Å². The van der Waals surface area contributed by atoms with Crippen LogP contribution in [0.15, 0.2) is 40.0 Å². The summed E-state index contributed by atoms with van der Waals surface area (Å²) in [5.41, 5.74) is 0.709. The van der Waals surface area contributed by atoms with Gasteiger partial charge in [-0.2, -0.15) is 5.10 Å². The molecule has 0 atom stereocenters. The fraction of sp³-hybridized carbons (Fsp3) is 0.231. The summed E-state index contributed by atoms with van der Waals surface area (Å²) in [7, 11) is -3.85. The van der Waals surface area contributed by atoms with Crippen molar-refractivity contribution in [3.63, 3.8) is 0 Å². The number of hydrogen-bond donors (Lipinski definition) is 3. The van der Waals surface area contributed by atoms with Gasteiger partial charge in [0.2, 0.25) is 0 Å². The Bertz CT molecular complexity index is 779. The van der Waals surface area contributed by atoms with Crippen LogP contribution in [0, 0.1) is 0 Å². The molecule has 0 bridgehead atoms. The average Bonchev–Trinajstić information content (AvgIpc) is 2.48. The van der Waals surface area contributed by atoms with Gasteiger partial charge >= 0.3 is 0 Å².